The van der Waals surface area contributed by atoms with Gasteiger partial charge in [0.1, 0.15) is 5.76 Å². The highest BCUT2D eigenvalue weighted by Gasteiger charge is 2.17. The van der Waals surface area contributed by atoms with Crippen LogP contribution in [0.5, 0.6) is 0 Å². The van der Waals surface area contributed by atoms with Crippen LogP contribution < -0.4 is 5.32 Å². The second-order valence-electron chi connectivity index (χ2n) is 3.86. The predicted octanol–water partition coefficient (Wildman–Crippen LogP) is 4.81. The second-order valence-corrected chi connectivity index (χ2v) is 5.27. The molecule has 0 atom stereocenters. The largest absolute Gasteiger partial charge is 0.456 e. The third kappa shape index (κ3) is 3.52. The van der Waals surface area contributed by atoms with Crippen molar-refractivity contribution in [1.29, 1.82) is 0 Å². The number of hydrogen-bond acceptors (Lipinski definition) is 3. The maximum atomic E-state index is 12.5. The van der Waals surface area contributed by atoms with Gasteiger partial charge in [0.05, 0.1) is 15.6 Å². The first-order valence-corrected chi connectivity index (χ1v) is 6.84. The highest BCUT2D eigenvalue weighted by molar-refractivity contribution is 7.99. The van der Waals surface area contributed by atoms with Gasteiger partial charge in [-0.2, -0.15) is 8.78 Å². The molecule has 1 aromatic carbocycles. The number of hydrogen-bond donors (Lipinski definition) is 1. The molecule has 7 heteroatoms. The van der Waals surface area contributed by atoms with Gasteiger partial charge < -0.3 is 9.73 Å². The molecule has 0 spiro atoms. The van der Waals surface area contributed by atoms with Crippen LogP contribution in [0, 0.1) is 6.92 Å². The number of alkyl halides is 2. The van der Waals surface area contributed by atoms with Crippen molar-refractivity contribution in [2.24, 2.45) is 0 Å². The first kappa shape index (κ1) is 14.9. The van der Waals surface area contributed by atoms with Gasteiger partial charge in [-0.25, -0.2) is 0 Å². The number of thioether (sulfide) groups is 1. The molecular weight excluding hydrogens is 308 g/mol. The summed E-state index contributed by atoms with van der Waals surface area (Å²) in [5.74, 6) is -2.45. The second kappa shape index (κ2) is 6.28. The zero-order valence-corrected chi connectivity index (χ0v) is 11.9. The topological polar surface area (TPSA) is 42.2 Å². The van der Waals surface area contributed by atoms with E-state index in [0.717, 1.165) is 0 Å². The molecule has 0 saturated carbocycles. The average Bonchev–Trinajstić information content (AvgIpc) is 2.80. The number of carbonyl (C=O) groups excluding carboxylic acids is 1. The molecule has 2 aromatic rings. The van der Waals surface area contributed by atoms with Gasteiger partial charge >= 0.3 is 0 Å². The molecule has 0 aliphatic heterocycles. The summed E-state index contributed by atoms with van der Waals surface area (Å²) >= 11 is 6.16. The molecule has 2 rings (SSSR count). The standard InChI is InChI=1S/C13H10ClF2NO2S/c1-7-5-6-10(19-7)12(18)17-9-4-2-3-8(14)11(9)20-13(15)16/h2-6,13H,1H3,(H,17,18). The molecule has 106 valence electrons. The van der Waals surface area contributed by atoms with Gasteiger partial charge in [0, 0.05) is 0 Å². The molecule has 0 unspecified atom stereocenters. The fourth-order valence-electron chi connectivity index (χ4n) is 1.56. The highest BCUT2D eigenvalue weighted by Crippen LogP contribution is 2.37. The predicted molar refractivity (Wildman–Crippen MR) is 74.7 cm³/mol. The average molecular weight is 318 g/mol. The van der Waals surface area contributed by atoms with Crippen LogP contribution in [-0.4, -0.2) is 11.7 Å². The molecule has 20 heavy (non-hydrogen) atoms. The van der Waals surface area contributed by atoms with Gasteiger partial charge in [0.25, 0.3) is 11.7 Å². The van der Waals surface area contributed by atoms with Gasteiger partial charge in [-0.3, -0.25) is 4.79 Å². The molecule has 1 N–H and O–H groups in total. The Kier molecular flexibility index (Phi) is 4.67. The summed E-state index contributed by atoms with van der Waals surface area (Å²) < 4.78 is 30.2. The van der Waals surface area contributed by atoms with Crippen LogP contribution in [0.3, 0.4) is 0 Å². The van der Waals surface area contributed by atoms with Crippen molar-refractivity contribution in [3.63, 3.8) is 0 Å². The Hall–Kier alpha value is -1.53. The lowest BCUT2D eigenvalue weighted by atomic mass is 10.3. The van der Waals surface area contributed by atoms with Crippen LogP contribution in [0.1, 0.15) is 16.3 Å². The molecule has 1 aromatic heterocycles. The summed E-state index contributed by atoms with van der Waals surface area (Å²) in [5.41, 5.74) is 0.224. The van der Waals surface area contributed by atoms with Crippen molar-refractivity contribution in [1.82, 2.24) is 0 Å². The van der Waals surface area contributed by atoms with Crippen LogP contribution in [0.25, 0.3) is 0 Å². The fraction of sp³-hybridized carbons (Fsp3) is 0.154. The Balaban J connectivity index is 2.24. The maximum absolute atomic E-state index is 12.5. The Morgan fingerprint density at radius 1 is 1.35 bits per heavy atom. The lowest BCUT2D eigenvalue weighted by Gasteiger charge is -2.11. The number of amides is 1. The molecule has 0 aliphatic carbocycles. The number of rotatable bonds is 4. The van der Waals surface area contributed by atoms with E-state index in [1.807, 2.05) is 0 Å². The van der Waals surface area contributed by atoms with Gasteiger partial charge in [0.15, 0.2) is 5.76 Å². The number of aryl methyl sites for hydroxylation is 1. The smallest absolute Gasteiger partial charge is 0.291 e. The molecule has 0 radical (unpaired) electrons. The molecular formula is C13H10ClF2NO2S. The van der Waals surface area contributed by atoms with E-state index >= 15 is 0 Å². The Morgan fingerprint density at radius 2 is 2.10 bits per heavy atom. The van der Waals surface area contributed by atoms with E-state index in [0.29, 0.717) is 5.76 Å². The molecule has 0 fully saturated rings. The first-order valence-electron chi connectivity index (χ1n) is 5.58. The van der Waals surface area contributed by atoms with Crippen molar-refractivity contribution >= 4 is 35.0 Å². The van der Waals surface area contributed by atoms with E-state index < -0.39 is 11.7 Å². The zero-order chi connectivity index (χ0) is 14.7. The molecule has 1 heterocycles. The summed E-state index contributed by atoms with van der Waals surface area (Å²) in [6, 6.07) is 7.71. The number of halogens is 3. The number of carbonyl (C=O) groups is 1. The van der Waals surface area contributed by atoms with Crippen molar-refractivity contribution in [2.75, 3.05) is 5.32 Å². The summed E-state index contributed by atoms with van der Waals surface area (Å²) in [7, 11) is 0. The summed E-state index contributed by atoms with van der Waals surface area (Å²) in [4.78, 5) is 12.1. The van der Waals surface area contributed by atoms with Crippen molar-refractivity contribution in [3.05, 3.63) is 46.9 Å². The number of anilines is 1. The van der Waals surface area contributed by atoms with Crippen molar-refractivity contribution < 1.29 is 18.0 Å². The lowest BCUT2D eigenvalue weighted by molar-refractivity contribution is 0.0995. The van der Waals surface area contributed by atoms with E-state index in [4.69, 9.17) is 16.0 Å². The van der Waals surface area contributed by atoms with E-state index in [1.165, 1.54) is 18.2 Å². The summed E-state index contributed by atoms with van der Waals surface area (Å²) in [5, 5.41) is 2.67. The monoisotopic (exact) mass is 317 g/mol. The van der Waals surface area contributed by atoms with Gasteiger partial charge in [0.2, 0.25) is 0 Å². The summed E-state index contributed by atoms with van der Waals surface area (Å²) in [6.45, 7) is 1.70. The fourth-order valence-corrected chi connectivity index (χ4v) is 2.47. The highest BCUT2D eigenvalue weighted by atomic mass is 35.5. The Morgan fingerprint density at radius 3 is 2.70 bits per heavy atom. The minimum absolute atomic E-state index is 0.107. The third-order valence-electron chi connectivity index (χ3n) is 2.39. The van der Waals surface area contributed by atoms with Crippen molar-refractivity contribution in [2.45, 2.75) is 17.6 Å². The van der Waals surface area contributed by atoms with Gasteiger partial charge in [-0.05, 0) is 31.2 Å². The molecule has 0 saturated heterocycles. The summed E-state index contributed by atoms with van der Waals surface area (Å²) in [6.07, 6.45) is 0. The molecule has 0 bridgehead atoms. The third-order valence-corrected chi connectivity index (χ3v) is 3.67. The van der Waals surface area contributed by atoms with E-state index in [2.05, 4.69) is 5.32 Å². The Labute approximate surface area is 123 Å². The van der Waals surface area contributed by atoms with Crippen LogP contribution in [0.2, 0.25) is 5.02 Å². The first-order chi connectivity index (χ1) is 9.47. The van der Waals surface area contributed by atoms with Crippen LogP contribution in [-0.2, 0) is 0 Å². The normalized spacial score (nSPS) is 10.8. The molecule has 3 nitrogen and oxygen atoms in total. The number of nitrogens with one attached hydrogen (secondary N) is 1. The van der Waals surface area contributed by atoms with E-state index in [-0.39, 0.29) is 33.1 Å². The SMILES string of the molecule is Cc1ccc(C(=O)Nc2cccc(Cl)c2SC(F)F)o1. The van der Waals surface area contributed by atoms with Crippen LogP contribution in [0.15, 0.2) is 39.6 Å². The maximum Gasteiger partial charge on any atom is 0.291 e. The molecule has 1 amide bonds. The minimum Gasteiger partial charge on any atom is -0.456 e. The van der Waals surface area contributed by atoms with Gasteiger partial charge in [-0.1, -0.05) is 29.4 Å². The zero-order valence-electron chi connectivity index (χ0n) is 10.3. The van der Waals surface area contributed by atoms with Crippen LogP contribution >= 0.6 is 23.4 Å². The van der Waals surface area contributed by atoms with Crippen molar-refractivity contribution in [3.8, 4) is 0 Å². The quantitative estimate of drug-likeness (QED) is 0.823. The number of benzene rings is 1. The molecule has 0 aliphatic rings. The number of furan rings is 1. The minimum atomic E-state index is -2.63. The van der Waals surface area contributed by atoms with E-state index in [1.54, 1.807) is 19.1 Å². The van der Waals surface area contributed by atoms with E-state index in [9.17, 15) is 13.6 Å². The van der Waals surface area contributed by atoms with Gasteiger partial charge in [-0.15, -0.1) is 0 Å². The Bertz CT molecular complexity index is 631. The lowest BCUT2D eigenvalue weighted by Crippen LogP contribution is -2.11. The van der Waals surface area contributed by atoms with Crippen LogP contribution in [0.4, 0.5) is 14.5 Å².